The number of rotatable bonds is 11. The average molecular weight is 611 g/mol. The number of nitrogens with one attached hydrogen (secondary N) is 2. The second kappa shape index (κ2) is 14.3. The Morgan fingerprint density at radius 1 is 0.977 bits per heavy atom. The van der Waals surface area contributed by atoms with E-state index in [1.807, 2.05) is 0 Å². The first-order valence-corrected chi connectivity index (χ1v) is 14.2. The van der Waals surface area contributed by atoms with Crippen LogP contribution in [0.25, 0.3) is 10.9 Å². The predicted molar refractivity (Wildman–Crippen MR) is 159 cm³/mol. The van der Waals surface area contributed by atoms with Crippen LogP contribution in [0.2, 0.25) is 0 Å². The fraction of sp³-hybridized carbons (Fsp3) is 0.312. The molecule has 0 radical (unpaired) electrons. The van der Waals surface area contributed by atoms with Gasteiger partial charge in [-0.05, 0) is 55.3 Å². The lowest BCUT2D eigenvalue weighted by molar-refractivity contribution is 0.0357. The van der Waals surface area contributed by atoms with E-state index >= 15 is 0 Å². The number of benzene rings is 3. The smallest absolute Gasteiger partial charge is 0.319 e. The summed E-state index contributed by atoms with van der Waals surface area (Å²) in [5.74, 6) is -1.06. The number of urea groups is 1. The molecule has 1 unspecified atom stereocenters. The van der Waals surface area contributed by atoms with E-state index in [0.717, 1.165) is 57.5 Å². The average Bonchev–Trinajstić information content (AvgIpc) is 3.02. The van der Waals surface area contributed by atoms with Crippen molar-refractivity contribution in [2.24, 2.45) is 0 Å². The predicted octanol–water partition coefficient (Wildman–Crippen LogP) is 6.44. The van der Waals surface area contributed by atoms with Crippen LogP contribution in [0.4, 0.5) is 23.7 Å². The van der Waals surface area contributed by atoms with Crippen LogP contribution in [-0.2, 0) is 4.74 Å². The Labute approximate surface area is 252 Å². The highest BCUT2D eigenvalue weighted by molar-refractivity contribution is 5.90. The minimum Gasteiger partial charge on any atom is -0.493 e. The van der Waals surface area contributed by atoms with Gasteiger partial charge in [0.1, 0.15) is 17.3 Å². The number of hydrogen-bond donors (Lipinski definition) is 2. The Kier molecular flexibility index (Phi) is 10.0. The molecular weight excluding hydrogens is 577 g/mol. The van der Waals surface area contributed by atoms with Gasteiger partial charge in [-0.2, -0.15) is 0 Å². The lowest BCUT2D eigenvalue weighted by atomic mass is 10.1. The molecule has 0 saturated carbocycles. The Hall–Kier alpha value is -4.55. The molecule has 1 saturated heterocycles. The van der Waals surface area contributed by atoms with Crippen LogP contribution in [0.5, 0.6) is 23.0 Å². The monoisotopic (exact) mass is 610 g/mol. The van der Waals surface area contributed by atoms with E-state index < -0.39 is 29.5 Å². The lowest BCUT2D eigenvalue weighted by Gasteiger charge is -2.26. The third kappa shape index (κ3) is 7.69. The number of aromatic nitrogens is 1. The molecule has 12 heteroatoms. The third-order valence-corrected chi connectivity index (χ3v) is 7.17. The van der Waals surface area contributed by atoms with Crippen LogP contribution < -0.4 is 24.8 Å². The number of fused-ring (bicyclic) bond motifs is 1. The topological polar surface area (TPSA) is 94.2 Å². The number of halogens is 3. The second-order valence-electron chi connectivity index (χ2n) is 10.2. The van der Waals surface area contributed by atoms with E-state index in [9.17, 15) is 18.0 Å². The largest absolute Gasteiger partial charge is 0.493 e. The first-order valence-electron chi connectivity index (χ1n) is 14.2. The van der Waals surface area contributed by atoms with Crippen LogP contribution in [-0.4, -0.2) is 62.5 Å². The summed E-state index contributed by atoms with van der Waals surface area (Å²) in [6.07, 6.45) is 2.43. The minimum absolute atomic E-state index is 0.0935. The summed E-state index contributed by atoms with van der Waals surface area (Å²) in [5.41, 5.74) is 0.869. The molecule has 9 nitrogen and oxygen atoms in total. The molecular formula is C32H33F3N4O5. The number of hydrogen-bond acceptors (Lipinski definition) is 7. The van der Waals surface area contributed by atoms with Crippen molar-refractivity contribution in [3.05, 3.63) is 83.8 Å². The van der Waals surface area contributed by atoms with Crippen molar-refractivity contribution < 1.29 is 36.9 Å². The highest BCUT2D eigenvalue weighted by Crippen LogP contribution is 2.37. The van der Waals surface area contributed by atoms with Gasteiger partial charge in [0.2, 0.25) is 0 Å². The number of carbonyl (C=O) groups is 1. The van der Waals surface area contributed by atoms with Crippen LogP contribution in [0.15, 0.2) is 60.8 Å². The van der Waals surface area contributed by atoms with Crippen LogP contribution in [0.1, 0.15) is 24.9 Å². The zero-order valence-corrected chi connectivity index (χ0v) is 24.4. The highest BCUT2D eigenvalue weighted by atomic mass is 19.2. The van der Waals surface area contributed by atoms with Gasteiger partial charge in [0.15, 0.2) is 23.1 Å². The lowest BCUT2D eigenvalue weighted by Crippen LogP contribution is -2.37. The molecule has 232 valence electrons. The summed E-state index contributed by atoms with van der Waals surface area (Å²) in [6, 6.07) is 11.2. The molecule has 0 bridgehead atoms. The van der Waals surface area contributed by atoms with Gasteiger partial charge < -0.3 is 29.6 Å². The quantitative estimate of drug-likeness (QED) is 0.189. The number of ether oxygens (including phenoxy) is 4. The molecule has 2 N–H and O–H groups in total. The number of anilines is 1. The maximum Gasteiger partial charge on any atom is 0.319 e. The summed E-state index contributed by atoms with van der Waals surface area (Å²) in [7, 11) is 1.55. The van der Waals surface area contributed by atoms with Crippen LogP contribution in [0.3, 0.4) is 0 Å². The molecule has 44 heavy (non-hydrogen) atoms. The number of morpholine rings is 1. The van der Waals surface area contributed by atoms with Crippen molar-refractivity contribution >= 4 is 22.6 Å². The summed E-state index contributed by atoms with van der Waals surface area (Å²) >= 11 is 0. The Morgan fingerprint density at radius 3 is 2.55 bits per heavy atom. The van der Waals surface area contributed by atoms with Gasteiger partial charge in [0.05, 0.1) is 44.2 Å². The normalized spacial score (nSPS) is 14.2. The first kappa shape index (κ1) is 30.9. The summed E-state index contributed by atoms with van der Waals surface area (Å²) in [6.45, 7) is 6.37. The van der Waals surface area contributed by atoms with Crippen molar-refractivity contribution in [1.82, 2.24) is 15.2 Å². The van der Waals surface area contributed by atoms with Gasteiger partial charge >= 0.3 is 6.03 Å². The molecule has 0 aliphatic carbocycles. The van der Waals surface area contributed by atoms with Crippen molar-refractivity contribution in [2.45, 2.75) is 19.4 Å². The maximum atomic E-state index is 15.0. The molecule has 4 aromatic rings. The molecule has 2 amide bonds. The first-order chi connectivity index (χ1) is 21.3. The maximum absolute atomic E-state index is 15.0. The highest BCUT2D eigenvalue weighted by Gasteiger charge is 2.16. The van der Waals surface area contributed by atoms with Crippen LogP contribution >= 0.6 is 0 Å². The minimum atomic E-state index is -1.03. The number of carbonyl (C=O) groups excluding carboxylic acids is 1. The SMILES string of the molecule is COc1cc2c(Oc3ccc(NC(=O)NC(C)c4ccc(F)c(F)c4)c(F)c3)ccnc2cc1OCCCN1CCOCC1. The summed E-state index contributed by atoms with van der Waals surface area (Å²) in [4.78, 5) is 19.2. The Bertz CT molecular complexity index is 1620. The van der Waals surface area contributed by atoms with E-state index in [4.69, 9.17) is 18.9 Å². The molecule has 1 aliphatic heterocycles. The van der Waals surface area contributed by atoms with Crippen molar-refractivity contribution in [2.75, 3.05) is 51.9 Å². The molecule has 5 rings (SSSR count). The second-order valence-corrected chi connectivity index (χ2v) is 10.2. The van der Waals surface area contributed by atoms with E-state index in [1.54, 1.807) is 38.4 Å². The van der Waals surface area contributed by atoms with Crippen molar-refractivity contribution in [1.29, 1.82) is 0 Å². The number of amides is 2. The fourth-order valence-corrected chi connectivity index (χ4v) is 4.79. The van der Waals surface area contributed by atoms with E-state index in [0.29, 0.717) is 40.3 Å². The zero-order valence-electron chi connectivity index (χ0n) is 24.4. The fourth-order valence-electron chi connectivity index (χ4n) is 4.79. The molecule has 2 heterocycles. The van der Waals surface area contributed by atoms with E-state index in [2.05, 4.69) is 20.5 Å². The Morgan fingerprint density at radius 2 is 1.80 bits per heavy atom. The zero-order chi connectivity index (χ0) is 31.1. The van der Waals surface area contributed by atoms with Gasteiger partial charge in [-0.25, -0.2) is 18.0 Å². The molecule has 1 aliphatic rings. The van der Waals surface area contributed by atoms with Crippen molar-refractivity contribution in [3.63, 3.8) is 0 Å². The van der Waals surface area contributed by atoms with Gasteiger partial charge in [0.25, 0.3) is 0 Å². The third-order valence-electron chi connectivity index (χ3n) is 7.17. The van der Waals surface area contributed by atoms with Gasteiger partial charge in [-0.1, -0.05) is 6.07 Å². The molecule has 0 spiro atoms. The number of pyridine rings is 1. The standard InChI is InChI=1S/C32H33F3N4O5/c1-20(21-4-6-24(33)25(34)16-21)37-32(40)38-27-7-5-22(17-26(27)35)44-29-8-9-36-28-19-31(30(41-2)18-23(28)29)43-13-3-10-39-11-14-42-15-12-39/h4-9,16-20H,3,10-15H2,1-2H3,(H2,37,38,40). The summed E-state index contributed by atoms with van der Waals surface area (Å²) < 4.78 is 64.7. The van der Waals surface area contributed by atoms with Crippen LogP contribution in [0, 0.1) is 17.5 Å². The van der Waals surface area contributed by atoms with Gasteiger partial charge in [0, 0.05) is 43.4 Å². The van der Waals surface area contributed by atoms with Gasteiger partial charge in [-0.3, -0.25) is 9.88 Å². The van der Waals surface area contributed by atoms with Crippen molar-refractivity contribution in [3.8, 4) is 23.0 Å². The molecule has 1 aromatic heterocycles. The van der Waals surface area contributed by atoms with E-state index in [1.165, 1.54) is 18.2 Å². The van der Waals surface area contributed by atoms with E-state index in [-0.39, 0.29) is 11.4 Å². The summed E-state index contributed by atoms with van der Waals surface area (Å²) in [5, 5.41) is 5.63. The number of methoxy groups -OCH3 is 1. The molecule has 3 aromatic carbocycles. The molecule has 1 atom stereocenters. The Balaban J connectivity index is 1.22. The number of nitrogens with zero attached hydrogens (tertiary/aromatic N) is 2. The van der Waals surface area contributed by atoms with Gasteiger partial charge in [-0.15, -0.1) is 0 Å². The molecule has 1 fully saturated rings.